The smallest absolute Gasteiger partial charge is 0.353 e. The van der Waals surface area contributed by atoms with E-state index in [0.717, 1.165) is 19.3 Å². The van der Waals surface area contributed by atoms with Gasteiger partial charge in [0.25, 0.3) is 0 Å². The summed E-state index contributed by atoms with van der Waals surface area (Å²) >= 11 is 0. The van der Waals surface area contributed by atoms with E-state index in [4.69, 9.17) is 4.74 Å². The Hall–Kier alpha value is -4.01. The summed E-state index contributed by atoms with van der Waals surface area (Å²) in [5, 5.41) is 15.0. The number of aromatic nitrogens is 2. The van der Waals surface area contributed by atoms with Gasteiger partial charge in [-0.2, -0.15) is 0 Å². The molecule has 9 heteroatoms. The Morgan fingerprint density at radius 1 is 1.12 bits per heavy atom. The lowest BCUT2D eigenvalue weighted by Gasteiger charge is -2.32. The Labute approximate surface area is 191 Å². The van der Waals surface area contributed by atoms with Crippen LogP contribution in [0.5, 0.6) is 0 Å². The Kier molecular flexibility index (Phi) is 6.77. The topological polar surface area (TPSA) is 110 Å². The number of piperidine rings is 1. The number of anilines is 3. The average Bonchev–Trinajstić information content (AvgIpc) is 2.85. The third kappa shape index (κ3) is 5.08. The largest absolute Gasteiger partial charge is 0.465 e. The fraction of sp³-hybridized carbons (Fsp3) is 0.292. The number of para-hydroxylation sites is 1. The van der Waals surface area contributed by atoms with Crippen LogP contribution in [-0.4, -0.2) is 41.1 Å². The quantitative estimate of drug-likeness (QED) is 0.323. The number of esters is 1. The van der Waals surface area contributed by atoms with Gasteiger partial charge in [0.2, 0.25) is 11.6 Å². The molecule has 0 bridgehead atoms. The molecule has 1 N–H and O–H groups in total. The molecule has 2 aromatic carbocycles. The van der Waals surface area contributed by atoms with Crippen molar-refractivity contribution in [1.82, 2.24) is 9.97 Å². The second kappa shape index (κ2) is 10.1. The normalized spacial score (nSPS) is 14.0. The minimum atomic E-state index is -0.546. The molecule has 0 saturated carbocycles. The van der Waals surface area contributed by atoms with E-state index in [1.165, 1.54) is 19.0 Å². The number of ether oxygens (including phenoxy) is 1. The molecule has 3 aromatic rings. The molecular weight excluding hydrogens is 422 g/mol. The van der Waals surface area contributed by atoms with Crippen LogP contribution in [-0.2, 0) is 11.2 Å². The van der Waals surface area contributed by atoms with E-state index in [9.17, 15) is 14.9 Å². The predicted molar refractivity (Wildman–Crippen MR) is 125 cm³/mol. The van der Waals surface area contributed by atoms with Crippen LogP contribution < -0.4 is 10.2 Å². The van der Waals surface area contributed by atoms with Gasteiger partial charge >= 0.3 is 11.7 Å². The van der Waals surface area contributed by atoms with Gasteiger partial charge < -0.3 is 15.0 Å². The number of nitro groups is 1. The van der Waals surface area contributed by atoms with Crippen LogP contribution in [0.1, 0.15) is 28.8 Å². The third-order valence-electron chi connectivity index (χ3n) is 5.85. The highest BCUT2D eigenvalue weighted by Gasteiger charge is 2.30. The second-order valence-electron chi connectivity index (χ2n) is 7.93. The number of benzene rings is 2. The van der Waals surface area contributed by atoms with E-state index in [0.29, 0.717) is 24.7 Å². The zero-order valence-corrected chi connectivity index (χ0v) is 18.3. The molecule has 1 aliphatic heterocycles. The number of methoxy groups -OCH3 is 1. The van der Waals surface area contributed by atoms with Gasteiger partial charge in [-0.25, -0.2) is 14.8 Å². The number of nitrogens with one attached hydrogen (secondary N) is 1. The van der Waals surface area contributed by atoms with Crippen molar-refractivity contribution in [1.29, 1.82) is 0 Å². The first-order valence-electron chi connectivity index (χ1n) is 10.8. The van der Waals surface area contributed by atoms with E-state index in [2.05, 4.69) is 27.4 Å². The first-order chi connectivity index (χ1) is 16.1. The van der Waals surface area contributed by atoms with Crippen molar-refractivity contribution < 1.29 is 14.5 Å². The minimum Gasteiger partial charge on any atom is -0.465 e. The van der Waals surface area contributed by atoms with Crippen LogP contribution in [0.15, 0.2) is 60.9 Å². The lowest BCUT2D eigenvalue weighted by molar-refractivity contribution is -0.383. The van der Waals surface area contributed by atoms with Crippen molar-refractivity contribution in [2.75, 3.05) is 30.4 Å². The maximum absolute atomic E-state index is 12.1. The summed E-state index contributed by atoms with van der Waals surface area (Å²) < 4.78 is 4.81. The van der Waals surface area contributed by atoms with Crippen molar-refractivity contribution in [3.8, 4) is 0 Å². The third-order valence-corrected chi connectivity index (χ3v) is 5.85. The summed E-state index contributed by atoms with van der Waals surface area (Å²) in [6, 6.07) is 17.0. The Balaban J connectivity index is 1.54. The first-order valence-corrected chi connectivity index (χ1v) is 10.8. The van der Waals surface area contributed by atoms with Crippen molar-refractivity contribution in [3.05, 3.63) is 82.2 Å². The van der Waals surface area contributed by atoms with Gasteiger partial charge in [-0.1, -0.05) is 42.5 Å². The molecule has 0 radical (unpaired) electrons. The summed E-state index contributed by atoms with van der Waals surface area (Å²) in [7, 11) is 1.28. The van der Waals surface area contributed by atoms with Gasteiger partial charge in [0.1, 0.15) is 6.33 Å². The molecule has 0 atom stereocenters. The molecule has 1 saturated heterocycles. The van der Waals surface area contributed by atoms with Crippen molar-refractivity contribution >= 4 is 29.0 Å². The SMILES string of the molecule is COC(=O)c1ccccc1Nc1ncnc(N2CCC(Cc3ccccc3)CC2)c1[N+](=O)[O-]. The molecule has 1 aliphatic rings. The molecule has 0 spiro atoms. The first kappa shape index (κ1) is 22.2. The summed E-state index contributed by atoms with van der Waals surface area (Å²) in [6.45, 7) is 1.35. The lowest BCUT2D eigenvalue weighted by Crippen LogP contribution is -2.35. The molecule has 1 fully saturated rings. The lowest BCUT2D eigenvalue weighted by atomic mass is 9.90. The summed E-state index contributed by atoms with van der Waals surface area (Å²) in [6.07, 6.45) is 4.15. The summed E-state index contributed by atoms with van der Waals surface area (Å²) in [4.78, 5) is 33.9. The van der Waals surface area contributed by atoms with Gasteiger partial charge in [0.05, 0.1) is 23.3 Å². The number of carbonyl (C=O) groups excluding carboxylic acids is 1. The molecule has 2 heterocycles. The van der Waals surface area contributed by atoms with E-state index >= 15 is 0 Å². The van der Waals surface area contributed by atoms with Gasteiger partial charge in [-0.15, -0.1) is 0 Å². The van der Waals surface area contributed by atoms with E-state index in [1.54, 1.807) is 24.3 Å². The van der Waals surface area contributed by atoms with Crippen LogP contribution in [0.2, 0.25) is 0 Å². The van der Waals surface area contributed by atoms with Gasteiger partial charge in [-0.3, -0.25) is 10.1 Å². The highest BCUT2D eigenvalue weighted by atomic mass is 16.6. The highest BCUT2D eigenvalue weighted by molar-refractivity contribution is 5.96. The number of rotatable bonds is 7. The molecule has 0 aliphatic carbocycles. The molecule has 0 amide bonds. The Morgan fingerprint density at radius 2 is 1.82 bits per heavy atom. The van der Waals surface area contributed by atoms with Crippen molar-refractivity contribution in [2.45, 2.75) is 19.3 Å². The zero-order chi connectivity index (χ0) is 23.2. The summed E-state index contributed by atoms with van der Waals surface area (Å²) in [5.74, 6) is 0.295. The average molecular weight is 447 g/mol. The monoisotopic (exact) mass is 447 g/mol. The van der Waals surface area contributed by atoms with Crippen LogP contribution >= 0.6 is 0 Å². The fourth-order valence-corrected chi connectivity index (χ4v) is 4.16. The van der Waals surface area contributed by atoms with E-state index < -0.39 is 10.9 Å². The van der Waals surface area contributed by atoms with E-state index in [-0.39, 0.29) is 22.9 Å². The molecule has 0 unspecified atom stereocenters. The standard InChI is InChI=1S/C24H25N5O4/c1-33-24(30)19-9-5-6-10-20(19)27-22-21(29(31)32)23(26-16-25-22)28-13-11-18(12-14-28)15-17-7-3-2-4-8-17/h2-10,16,18H,11-15H2,1H3,(H,25,26,27). The van der Waals surface area contributed by atoms with Gasteiger partial charge in [0.15, 0.2) is 0 Å². The highest BCUT2D eigenvalue weighted by Crippen LogP contribution is 2.36. The molecule has 33 heavy (non-hydrogen) atoms. The predicted octanol–water partition coefficient (Wildman–Crippen LogP) is 4.37. The molecule has 1 aromatic heterocycles. The van der Waals surface area contributed by atoms with E-state index in [1.807, 2.05) is 23.1 Å². The van der Waals surface area contributed by atoms with Gasteiger partial charge in [0, 0.05) is 13.1 Å². The molecule has 4 rings (SSSR count). The van der Waals surface area contributed by atoms with Crippen molar-refractivity contribution in [2.24, 2.45) is 5.92 Å². The number of hydrogen-bond acceptors (Lipinski definition) is 8. The number of hydrogen-bond donors (Lipinski definition) is 1. The zero-order valence-electron chi connectivity index (χ0n) is 18.3. The Morgan fingerprint density at radius 3 is 2.52 bits per heavy atom. The molecule has 170 valence electrons. The number of nitrogens with zero attached hydrogens (tertiary/aromatic N) is 4. The van der Waals surface area contributed by atoms with Crippen molar-refractivity contribution in [3.63, 3.8) is 0 Å². The fourth-order valence-electron chi connectivity index (χ4n) is 4.16. The van der Waals surface area contributed by atoms with Crippen LogP contribution in [0.3, 0.4) is 0 Å². The number of carbonyl (C=O) groups is 1. The minimum absolute atomic E-state index is 0.0350. The molecule has 9 nitrogen and oxygen atoms in total. The summed E-state index contributed by atoms with van der Waals surface area (Å²) in [5.41, 5.74) is 1.73. The van der Waals surface area contributed by atoms with Gasteiger partial charge in [-0.05, 0) is 42.9 Å². The maximum Gasteiger partial charge on any atom is 0.353 e. The van der Waals surface area contributed by atoms with Crippen LogP contribution in [0, 0.1) is 16.0 Å². The second-order valence-corrected chi connectivity index (χ2v) is 7.93. The Bertz CT molecular complexity index is 1130. The van der Waals surface area contributed by atoms with Crippen LogP contribution in [0.25, 0.3) is 0 Å². The molecular formula is C24H25N5O4. The van der Waals surface area contributed by atoms with Crippen LogP contribution in [0.4, 0.5) is 23.0 Å². The maximum atomic E-state index is 12.1.